The van der Waals surface area contributed by atoms with Crippen LogP contribution >= 0.6 is 11.6 Å². The van der Waals surface area contributed by atoms with Gasteiger partial charge in [0, 0.05) is 55.8 Å². The van der Waals surface area contributed by atoms with E-state index in [0.717, 1.165) is 31.9 Å². The van der Waals surface area contributed by atoms with Gasteiger partial charge in [0.25, 0.3) is 0 Å². The number of aliphatic hydroxyl groups excluding tert-OH is 1. The molecule has 0 spiro atoms. The molecular formula is C18H20ClN7O. The number of hydrogen-bond acceptors (Lipinski definition) is 8. The Bertz CT molecular complexity index is 913. The zero-order chi connectivity index (χ0) is 18.6. The monoisotopic (exact) mass is 385 g/mol. The van der Waals surface area contributed by atoms with Crippen molar-refractivity contribution in [2.75, 3.05) is 49.5 Å². The molecule has 2 N–H and O–H groups in total. The average Bonchev–Trinajstić information content (AvgIpc) is 2.70. The summed E-state index contributed by atoms with van der Waals surface area (Å²) >= 11 is 5.97. The first-order chi connectivity index (χ1) is 13.2. The molecule has 0 amide bonds. The number of β-amino-alcohol motifs (C(OH)–C–C–N with tert-alkyl or cyclic N) is 1. The molecule has 3 heterocycles. The molecular weight excluding hydrogens is 366 g/mol. The summed E-state index contributed by atoms with van der Waals surface area (Å²) in [5, 5.41) is 13.1. The highest BCUT2D eigenvalue weighted by Gasteiger charge is 2.20. The van der Waals surface area contributed by atoms with Gasteiger partial charge in [-0.3, -0.25) is 4.90 Å². The minimum absolute atomic E-state index is 0.178. The highest BCUT2D eigenvalue weighted by molar-refractivity contribution is 6.30. The Hall–Kier alpha value is -2.55. The third-order valence-electron chi connectivity index (χ3n) is 4.50. The minimum Gasteiger partial charge on any atom is -0.395 e. The van der Waals surface area contributed by atoms with Gasteiger partial charge in [-0.25, -0.2) is 9.97 Å². The lowest BCUT2D eigenvalue weighted by Gasteiger charge is -2.34. The first-order valence-electron chi connectivity index (χ1n) is 8.82. The minimum atomic E-state index is 0.178. The number of aromatic nitrogens is 4. The van der Waals surface area contributed by atoms with Crippen molar-refractivity contribution in [2.24, 2.45) is 0 Å². The molecule has 0 aliphatic carbocycles. The molecule has 0 unspecified atom stereocenters. The van der Waals surface area contributed by atoms with Crippen molar-refractivity contribution < 1.29 is 5.11 Å². The molecule has 140 valence electrons. The molecule has 1 saturated heterocycles. The summed E-state index contributed by atoms with van der Waals surface area (Å²) in [6.07, 6.45) is 3.26. The van der Waals surface area contributed by atoms with Gasteiger partial charge in [-0.15, -0.1) is 0 Å². The van der Waals surface area contributed by atoms with Crippen LogP contribution in [-0.4, -0.2) is 69.3 Å². The fourth-order valence-corrected chi connectivity index (χ4v) is 3.19. The number of hydrogen-bond donors (Lipinski definition) is 2. The summed E-state index contributed by atoms with van der Waals surface area (Å²) in [7, 11) is 0. The van der Waals surface area contributed by atoms with E-state index in [1.165, 1.54) is 0 Å². The molecule has 8 nitrogen and oxygen atoms in total. The second kappa shape index (κ2) is 7.99. The predicted molar refractivity (Wildman–Crippen MR) is 106 cm³/mol. The van der Waals surface area contributed by atoms with Crippen molar-refractivity contribution in [2.45, 2.75) is 0 Å². The molecule has 2 aromatic heterocycles. The highest BCUT2D eigenvalue weighted by Crippen LogP contribution is 2.25. The van der Waals surface area contributed by atoms with Crippen molar-refractivity contribution in [3.63, 3.8) is 0 Å². The molecule has 27 heavy (non-hydrogen) atoms. The molecule has 0 saturated carbocycles. The fourth-order valence-electron chi connectivity index (χ4n) is 3.06. The quantitative estimate of drug-likeness (QED) is 0.688. The van der Waals surface area contributed by atoms with E-state index in [4.69, 9.17) is 21.7 Å². The van der Waals surface area contributed by atoms with Crippen LogP contribution in [0.1, 0.15) is 0 Å². The zero-order valence-corrected chi connectivity index (χ0v) is 15.5. The third kappa shape index (κ3) is 4.08. The molecule has 1 aliphatic heterocycles. The number of fused-ring (bicyclic) bond motifs is 1. The molecule has 1 aliphatic rings. The van der Waals surface area contributed by atoms with Gasteiger partial charge in [-0.05, 0) is 24.3 Å². The zero-order valence-electron chi connectivity index (χ0n) is 14.7. The lowest BCUT2D eigenvalue weighted by molar-refractivity contribution is 0.188. The van der Waals surface area contributed by atoms with Crippen LogP contribution in [0, 0.1) is 0 Å². The second-order valence-corrected chi connectivity index (χ2v) is 6.72. The number of anilines is 3. The SMILES string of the molecule is OCCN1CCN(c2nc(Nc3ccc(Cl)cc3)c3nccnc3n2)CC1. The summed E-state index contributed by atoms with van der Waals surface area (Å²) in [4.78, 5) is 22.4. The Labute approximate surface area is 161 Å². The van der Waals surface area contributed by atoms with Crippen LogP contribution in [0.2, 0.25) is 5.02 Å². The van der Waals surface area contributed by atoms with Crippen molar-refractivity contribution in [3.05, 3.63) is 41.7 Å². The standard InChI is InChI=1S/C18H20ClN7O/c19-13-1-3-14(4-2-13)22-17-15-16(21-6-5-20-15)23-18(24-17)26-9-7-25(8-10-26)11-12-27/h1-6,27H,7-12H2,(H,21,22,23,24). The van der Waals surface area contributed by atoms with Gasteiger partial charge >= 0.3 is 0 Å². The number of aliphatic hydroxyl groups is 1. The summed E-state index contributed by atoms with van der Waals surface area (Å²) in [6.45, 7) is 4.20. The van der Waals surface area contributed by atoms with Gasteiger partial charge in [0.05, 0.1) is 6.61 Å². The number of benzene rings is 1. The van der Waals surface area contributed by atoms with Crippen LogP contribution in [0.5, 0.6) is 0 Å². The molecule has 1 aromatic carbocycles. The van der Waals surface area contributed by atoms with E-state index < -0.39 is 0 Å². The van der Waals surface area contributed by atoms with Crippen LogP contribution in [-0.2, 0) is 0 Å². The fraction of sp³-hybridized carbons (Fsp3) is 0.333. The largest absolute Gasteiger partial charge is 0.395 e. The first kappa shape index (κ1) is 17.8. The topological polar surface area (TPSA) is 90.3 Å². The molecule has 3 aromatic rings. The van der Waals surface area contributed by atoms with E-state index in [9.17, 15) is 0 Å². The van der Waals surface area contributed by atoms with Gasteiger partial charge in [0.15, 0.2) is 17.0 Å². The Balaban J connectivity index is 1.63. The lowest BCUT2D eigenvalue weighted by Crippen LogP contribution is -2.47. The number of piperazine rings is 1. The summed E-state index contributed by atoms with van der Waals surface area (Å²) in [5.74, 6) is 1.24. The maximum atomic E-state index is 9.10. The van der Waals surface area contributed by atoms with E-state index in [1.807, 2.05) is 24.3 Å². The van der Waals surface area contributed by atoms with E-state index in [-0.39, 0.29) is 6.61 Å². The van der Waals surface area contributed by atoms with Crippen LogP contribution in [0.25, 0.3) is 11.2 Å². The Morgan fingerprint density at radius 3 is 2.48 bits per heavy atom. The normalized spacial score (nSPS) is 15.3. The molecule has 0 atom stereocenters. The number of halogens is 1. The van der Waals surface area contributed by atoms with E-state index in [1.54, 1.807) is 12.4 Å². The summed E-state index contributed by atoms with van der Waals surface area (Å²) in [5.41, 5.74) is 2.04. The second-order valence-electron chi connectivity index (χ2n) is 6.28. The van der Waals surface area contributed by atoms with Gasteiger partial charge in [0.1, 0.15) is 0 Å². The Morgan fingerprint density at radius 1 is 1.00 bits per heavy atom. The van der Waals surface area contributed by atoms with E-state index >= 15 is 0 Å². The first-order valence-corrected chi connectivity index (χ1v) is 9.20. The number of rotatable bonds is 5. The van der Waals surface area contributed by atoms with Gasteiger partial charge in [0.2, 0.25) is 5.95 Å². The van der Waals surface area contributed by atoms with Gasteiger partial charge in [-0.2, -0.15) is 9.97 Å². The van der Waals surface area contributed by atoms with Crippen molar-refractivity contribution in [1.82, 2.24) is 24.8 Å². The maximum absolute atomic E-state index is 9.10. The van der Waals surface area contributed by atoms with Crippen molar-refractivity contribution >= 4 is 40.2 Å². The third-order valence-corrected chi connectivity index (χ3v) is 4.75. The smallest absolute Gasteiger partial charge is 0.229 e. The summed E-state index contributed by atoms with van der Waals surface area (Å²) in [6, 6.07) is 7.42. The Kier molecular flexibility index (Phi) is 5.28. The predicted octanol–water partition coefficient (Wildman–Crippen LogP) is 1.93. The van der Waals surface area contributed by atoms with Crippen LogP contribution in [0.4, 0.5) is 17.5 Å². The van der Waals surface area contributed by atoms with Crippen LogP contribution < -0.4 is 10.2 Å². The molecule has 4 rings (SSSR count). The van der Waals surface area contributed by atoms with Crippen LogP contribution in [0.15, 0.2) is 36.7 Å². The number of nitrogens with one attached hydrogen (secondary N) is 1. The van der Waals surface area contributed by atoms with Crippen LogP contribution in [0.3, 0.4) is 0 Å². The maximum Gasteiger partial charge on any atom is 0.229 e. The molecule has 9 heteroatoms. The molecule has 1 fully saturated rings. The lowest BCUT2D eigenvalue weighted by atomic mass is 10.3. The van der Waals surface area contributed by atoms with Gasteiger partial charge < -0.3 is 15.3 Å². The van der Waals surface area contributed by atoms with Gasteiger partial charge in [-0.1, -0.05) is 11.6 Å². The average molecular weight is 386 g/mol. The molecule has 0 radical (unpaired) electrons. The van der Waals surface area contributed by atoms with Crippen molar-refractivity contribution in [1.29, 1.82) is 0 Å². The van der Waals surface area contributed by atoms with E-state index in [0.29, 0.717) is 34.5 Å². The summed E-state index contributed by atoms with van der Waals surface area (Å²) < 4.78 is 0. The molecule has 0 bridgehead atoms. The van der Waals surface area contributed by atoms with E-state index in [2.05, 4.69) is 30.1 Å². The number of nitrogens with zero attached hydrogens (tertiary/aromatic N) is 6. The van der Waals surface area contributed by atoms with Crippen molar-refractivity contribution in [3.8, 4) is 0 Å². The Morgan fingerprint density at radius 2 is 1.74 bits per heavy atom. The highest BCUT2D eigenvalue weighted by atomic mass is 35.5.